The van der Waals surface area contributed by atoms with Crippen LogP contribution in [0.3, 0.4) is 0 Å². The molecule has 1 aliphatic rings. The summed E-state index contributed by atoms with van der Waals surface area (Å²) in [5, 5.41) is 4.31. The molecule has 1 amide bonds. The van der Waals surface area contributed by atoms with Gasteiger partial charge in [-0.2, -0.15) is 0 Å². The summed E-state index contributed by atoms with van der Waals surface area (Å²) in [5.41, 5.74) is 5.01. The predicted octanol–water partition coefficient (Wildman–Crippen LogP) is 3.71. The third kappa shape index (κ3) is 5.41. The van der Waals surface area contributed by atoms with E-state index < -0.39 is 0 Å². The fourth-order valence-electron chi connectivity index (χ4n) is 4.65. The molecule has 2 heterocycles. The summed E-state index contributed by atoms with van der Waals surface area (Å²) >= 11 is 0. The van der Waals surface area contributed by atoms with Crippen LogP contribution in [-0.4, -0.2) is 79.0 Å². The summed E-state index contributed by atoms with van der Waals surface area (Å²) in [4.78, 5) is 25.4. The maximum atomic E-state index is 13.9. The van der Waals surface area contributed by atoms with Crippen molar-refractivity contribution in [2.45, 2.75) is 19.9 Å². The van der Waals surface area contributed by atoms with Crippen LogP contribution in [0.4, 0.5) is 5.69 Å². The van der Waals surface area contributed by atoms with E-state index in [9.17, 15) is 4.79 Å². The Morgan fingerprint density at radius 1 is 1.00 bits per heavy atom. The lowest BCUT2D eigenvalue weighted by atomic mass is 9.98. The Labute approximate surface area is 197 Å². The zero-order valence-electron chi connectivity index (χ0n) is 20.2. The van der Waals surface area contributed by atoms with Crippen LogP contribution in [0.2, 0.25) is 0 Å². The molecule has 1 aliphatic heterocycles. The Morgan fingerprint density at radius 2 is 1.70 bits per heavy atom. The third-order valence-electron chi connectivity index (χ3n) is 6.59. The van der Waals surface area contributed by atoms with Crippen molar-refractivity contribution in [1.82, 2.24) is 19.7 Å². The van der Waals surface area contributed by atoms with Crippen molar-refractivity contribution in [2.24, 2.45) is 0 Å². The van der Waals surface area contributed by atoms with E-state index in [4.69, 9.17) is 0 Å². The van der Waals surface area contributed by atoms with E-state index in [0.717, 1.165) is 72.5 Å². The van der Waals surface area contributed by atoms with Crippen molar-refractivity contribution in [3.05, 3.63) is 71.4 Å². The minimum Gasteiger partial charge on any atom is -0.324 e. The number of fused-ring (bicyclic) bond motifs is 1. The maximum Gasteiger partial charge on any atom is 0.246 e. The highest BCUT2D eigenvalue weighted by Crippen LogP contribution is 2.30. The Hall–Kier alpha value is -2.80. The fraction of sp³-hybridized carbons (Fsp3) is 0.407. The Bertz CT molecular complexity index is 1080. The molecule has 3 aromatic rings. The smallest absolute Gasteiger partial charge is 0.246 e. The van der Waals surface area contributed by atoms with Gasteiger partial charge in [0.05, 0.1) is 5.52 Å². The number of hydrogen-bond donors (Lipinski definition) is 1. The quantitative estimate of drug-likeness (QED) is 0.601. The molecule has 1 fully saturated rings. The van der Waals surface area contributed by atoms with Gasteiger partial charge in [-0.05, 0) is 56.8 Å². The van der Waals surface area contributed by atoms with Gasteiger partial charge >= 0.3 is 0 Å². The number of pyridine rings is 1. The van der Waals surface area contributed by atoms with Crippen molar-refractivity contribution >= 4 is 22.5 Å². The number of piperazine rings is 1. The number of likely N-dealkylation sites (N-methyl/N-ethyl adjacent to an activating group) is 1. The normalized spacial score (nSPS) is 16.3. The summed E-state index contributed by atoms with van der Waals surface area (Å²) in [6.45, 7) is 9.83. The molecule has 33 heavy (non-hydrogen) atoms. The molecule has 174 valence electrons. The molecule has 1 atom stereocenters. The van der Waals surface area contributed by atoms with Gasteiger partial charge in [-0.1, -0.05) is 36.4 Å². The van der Waals surface area contributed by atoms with Crippen LogP contribution in [0.25, 0.3) is 10.9 Å². The number of benzene rings is 2. The van der Waals surface area contributed by atoms with Crippen molar-refractivity contribution < 1.29 is 4.79 Å². The molecular weight excluding hydrogens is 410 g/mol. The lowest BCUT2D eigenvalue weighted by molar-refractivity contribution is -0.122. The Kier molecular flexibility index (Phi) is 7.38. The van der Waals surface area contributed by atoms with Crippen LogP contribution < -0.4 is 5.32 Å². The second-order valence-electron chi connectivity index (χ2n) is 9.26. The lowest BCUT2D eigenvalue weighted by Gasteiger charge is -2.39. The van der Waals surface area contributed by atoms with E-state index in [0.29, 0.717) is 0 Å². The van der Waals surface area contributed by atoms with Crippen LogP contribution in [-0.2, 0) is 4.79 Å². The van der Waals surface area contributed by atoms with Gasteiger partial charge in [-0.15, -0.1) is 0 Å². The number of amides is 1. The number of rotatable bonds is 7. The van der Waals surface area contributed by atoms with Crippen LogP contribution >= 0.6 is 0 Å². The Balaban J connectivity index is 1.64. The van der Waals surface area contributed by atoms with Crippen LogP contribution in [0.1, 0.15) is 22.7 Å². The molecule has 1 N–H and O–H groups in total. The highest BCUT2D eigenvalue weighted by Gasteiger charge is 2.32. The topological polar surface area (TPSA) is 51.7 Å². The molecule has 0 saturated carbocycles. The number of nitrogens with zero attached hydrogens (tertiary/aromatic N) is 4. The van der Waals surface area contributed by atoms with Crippen molar-refractivity contribution in [1.29, 1.82) is 0 Å². The molecule has 0 radical (unpaired) electrons. The van der Waals surface area contributed by atoms with Gasteiger partial charge < -0.3 is 10.2 Å². The molecule has 1 aromatic heterocycles. The third-order valence-corrected chi connectivity index (χ3v) is 6.59. The zero-order chi connectivity index (χ0) is 23.4. The molecule has 4 rings (SSSR count). The first-order chi connectivity index (χ1) is 15.9. The van der Waals surface area contributed by atoms with Crippen molar-refractivity contribution in [2.75, 3.05) is 58.7 Å². The second kappa shape index (κ2) is 10.4. The van der Waals surface area contributed by atoms with Crippen molar-refractivity contribution in [3.8, 4) is 0 Å². The molecule has 0 bridgehead atoms. The number of anilines is 1. The molecule has 1 unspecified atom stereocenters. The van der Waals surface area contributed by atoms with Crippen LogP contribution in [0, 0.1) is 13.8 Å². The first-order valence-electron chi connectivity index (χ1n) is 11.8. The van der Waals surface area contributed by atoms with Crippen LogP contribution in [0.5, 0.6) is 0 Å². The molecule has 2 aromatic carbocycles. The monoisotopic (exact) mass is 445 g/mol. The molecular formula is C27H35N5O. The Morgan fingerprint density at radius 3 is 2.39 bits per heavy atom. The largest absolute Gasteiger partial charge is 0.324 e. The number of carbonyl (C=O) groups excluding carboxylic acids is 1. The summed E-state index contributed by atoms with van der Waals surface area (Å²) in [6, 6.07) is 15.9. The molecule has 6 heteroatoms. The average molecular weight is 446 g/mol. The van der Waals surface area contributed by atoms with Crippen LogP contribution in [0.15, 0.2) is 54.7 Å². The van der Waals surface area contributed by atoms with E-state index in [1.54, 1.807) is 0 Å². The fourth-order valence-corrected chi connectivity index (χ4v) is 4.65. The SMILES string of the molecule is Cc1cccc(C)c1NC(=O)C(c1ccnc2ccccc12)N1CCN(CCN(C)C)CC1. The average Bonchev–Trinajstić information content (AvgIpc) is 2.81. The minimum atomic E-state index is -0.368. The van der Waals surface area contributed by atoms with Gasteiger partial charge in [0.1, 0.15) is 6.04 Å². The number of aryl methyl sites for hydroxylation is 2. The summed E-state index contributed by atoms with van der Waals surface area (Å²) in [6.07, 6.45) is 1.82. The minimum absolute atomic E-state index is 0.0190. The highest BCUT2D eigenvalue weighted by atomic mass is 16.2. The predicted molar refractivity (Wildman–Crippen MR) is 136 cm³/mol. The first-order valence-corrected chi connectivity index (χ1v) is 11.8. The van der Waals surface area contributed by atoms with Gasteiger partial charge in [-0.25, -0.2) is 0 Å². The van der Waals surface area contributed by atoms with E-state index in [1.165, 1.54) is 0 Å². The van der Waals surface area contributed by atoms with E-state index >= 15 is 0 Å². The van der Waals surface area contributed by atoms with Gasteiger partial charge in [-0.3, -0.25) is 19.6 Å². The van der Waals surface area contributed by atoms with E-state index in [2.05, 4.69) is 45.2 Å². The van der Waals surface area contributed by atoms with Gasteiger partial charge in [0, 0.05) is 56.5 Å². The number of para-hydroxylation sites is 2. The number of carbonyl (C=O) groups is 1. The standard InChI is InChI=1S/C27H35N5O/c1-20-8-7-9-21(2)25(20)29-27(33)26(23-12-13-28-24-11-6-5-10-22(23)24)32-18-16-31(17-19-32)15-14-30(3)4/h5-13,26H,14-19H2,1-4H3,(H,29,33). The second-order valence-corrected chi connectivity index (χ2v) is 9.26. The zero-order valence-corrected chi connectivity index (χ0v) is 20.2. The number of nitrogens with one attached hydrogen (secondary N) is 1. The lowest BCUT2D eigenvalue weighted by Crippen LogP contribution is -2.51. The summed E-state index contributed by atoms with van der Waals surface area (Å²) < 4.78 is 0. The van der Waals surface area contributed by atoms with Crippen molar-refractivity contribution in [3.63, 3.8) is 0 Å². The van der Waals surface area contributed by atoms with E-state index in [-0.39, 0.29) is 11.9 Å². The summed E-state index contributed by atoms with van der Waals surface area (Å²) in [5.74, 6) is 0.0190. The molecule has 6 nitrogen and oxygen atoms in total. The number of hydrogen-bond acceptors (Lipinski definition) is 5. The van der Waals surface area contributed by atoms with Gasteiger partial charge in [0.25, 0.3) is 0 Å². The summed E-state index contributed by atoms with van der Waals surface area (Å²) in [7, 11) is 4.22. The van der Waals surface area contributed by atoms with E-state index in [1.807, 2.05) is 62.5 Å². The molecule has 0 spiro atoms. The highest BCUT2D eigenvalue weighted by molar-refractivity contribution is 5.99. The molecule has 0 aliphatic carbocycles. The van der Waals surface area contributed by atoms with Gasteiger partial charge in [0.15, 0.2) is 0 Å². The maximum absolute atomic E-state index is 13.9. The number of aromatic nitrogens is 1. The first kappa shape index (κ1) is 23.4. The van der Waals surface area contributed by atoms with Gasteiger partial charge in [0.2, 0.25) is 5.91 Å². The molecule has 1 saturated heterocycles.